The van der Waals surface area contributed by atoms with E-state index in [9.17, 15) is 4.79 Å². The molecule has 3 aromatic heterocycles. The van der Waals surface area contributed by atoms with E-state index in [0.29, 0.717) is 53.6 Å². The van der Waals surface area contributed by atoms with Gasteiger partial charge in [0.1, 0.15) is 24.2 Å². The van der Waals surface area contributed by atoms with Crippen LogP contribution in [0.4, 0.5) is 5.82 Å². The number of methoxy groups -OCH3 is 1. The lowest BCUT2D eigenvalue weighted by molar-refractivity contribution is 0.0730. The van der Waals surface area contributed by atoms with Gasteiger partial charge in [0.25, 0.3) is 5.91 Å². The van der Waals surface area contributed by atoms with E-state index in [2.05, 4.69) is 32.2 Å². The van der Waals surface area contributed by atoms with Gasteiger partial charge in [-0.2, -0.15) is 0 Å². The Hall–Kier alpha value is -3.23. The molecule has 1 aliphatic heterocycles. The first kappa shape index (κ1) is 17.8. The normalized spacial score (nSPS) is 17.1. The molecule has 29 heavy (non-hydrogen) atoms. The molecule has 0 spiro atoms. The number of hydrogen-bond donors (Lipinski definition) is 1. The summed E-state index contributed by atoms with van der Waals surface area (Å²) in [6.45, 7) is 4.88. The lowest BCUT2D eigenvalue weighted by atomic mass is 10.0. The second kappa shape index (κ2) is 6.40. The number of anilines is 1. The van der Waals surface area contributed by atoms with Crippen molar-refractivity contribution in [2.24, 2.45) is 0 Å². The summed E-state index contributed by atoms with van der Waals surface area (Å²) < 4.78 is 11.1. The molecule has 1 saturated carbocycles. The molecule has 0 bridgehead atoms. The van der Waals surface area contributed by atoms with Crippen molar-refractivity contribution in [2.75, 3.05) is 19.0 Å². The second-order valence-corrected chi connectivity index (χ2v) is 7.91. The number of rotatable bonds is 4. The van der Waals surface area contributed by atoms with Crippen molar-refractivity contribution in [1.29, 1.82) is 0 Å². The minimum absolute atomic E-state index is 0.0182. The Balaban J connectivity index is 1.52. The Morgan fingerprint density at radius 3 is 2.79 bits per heavy atom. The summed E-state index contributed by atoms with van der Waals surface area (Å²) in [7, 11) is 1.59. The van der Waals surface area contributed by atoms with Crippen LogP contribution in [-0.2, 0) is 13.0 Å². The maximum Gasteiger partial charge on any atom is 0.258 e. The zero-order valence-electron chi connectivity index (χ0n) is 16.7. The summed E-state index contributed by atoms with van der Waals surface area (Å²) in [6, 6.07) is 0. The third-order valence-electron chi connectivity index (χ3n) is 5.75. The van der Waals surface area contributed by atoms with E-state index in [1.54, 1.807) is 18.9 Å². The number of ether oxygens (including phenoxy) is 1. The zero-order chi connectivity index (χ0) is 20.2. The van der Waals surface area contributed by atoms with E-state index in [0.717, 1.165) is 24.1 Å². The van der Waals surface area contributed by atoms with Gasteiger partial charge in [0.05, 0.1) is 30.3 Å². The van der Waals surface area contributed by atoms with Crippen molar-refractivity contribution in [1.82, 2.24) is 24.8 Å². The maximum atomic E-state index is 13.5. The fourth-order valence-electron chi connectivity index (χ4n) is 3.83. The van der Waals surface area contributed by atoms with Crippen LogP contribution in [0.3, 0.4) is 0 Å². The van der Waals surface area contributed by atoms with E-state index in [1.165, 1.54) is 12.7 Å². The summed E-state index contributed by atoms with van der Waals surface area (Å²) in [6.07, 6.45) is 5.72. The topological polar surface area (TPSA) is 106 Å². The average Bonchev–Trinajstić information content (AvgIpc) is 3.34. The fourth-order valence-corrected chi connectivity index (χ4v) is 3.83. The van der Waals surface area contributed by atoms with Crippen LogP contribution < -0.4 is 10.1 Å². The van der Waals surface area contributed by atoms with Crippen LogP contribution in [0.1, 0.15) is 47.1 Å². The van der Waals surface area contributed by atoms with Gasteiger partial charge >= 0.3 is 0 Å². The smallest absolute Gasteiger partial charge is 0.258 e. The van der Waals surface area contributed by atoms with Gasteiger partial charge in [0.2, 0.25) is 11.6 Å². The summed E-state index contributed by atoms with van der Waals surface area (Å²) in [5.41, 5.74) is 2.72. The molecule has 5 rings (SSSR count). The largest absolute Gasteiger partial charge is 0.481 e. The summed E-state index contributed by atoms with van der Waals surface area (Å²) in [5.74, 6) is 1.66. The number of furan rings is 1. The molecule has 0 radical (unpaired) electrons. The zero-order valence-corrected chi connectivity index (χ0v) is 16.7. The van der Waals surface area contributed by atoms with Crippen LogP contribution in [0, 0.1) is 6.92 Å². The molecule has 1 aliphatic carbocycles. The molecule has 9 heteroatoms. The van der Waals surface area contributed by atoms with Gasteiger partial charge in [-0.3, -0.25) is 4.79 Å². The molecule has 1 N–H and O–H groups in total. The van der Waals surface area contributed by atoms with Gasteiger partial charge in [-0.1, -0.05) is 0 Å². The third kappa shape index (κ3) is 2.97. The number of carbonyl (C=O) groups is 1. The first-order valence-electron chi connectivity index (χ1n) is 9.67. The van der Waals surface area contributed by atoms with Crippen LogP contribution in [-0.4, -0.2) is 49.9 Å². The summed E-state index contributed by atoms with van der Waals surface area (Å²) in [4.78, 5) is 32.4. The number of fused-ring (bicyclic) bond motifs is 2. The molecule has 0 aromatic carbocycles. The number of aryl methyl sites for hydroxylation is 1. The predicted octanol–water partition coefficient (Wildman–Crippen LogP) is 2.49. The SMILES string of the molecule is COc1ncnc2c1CCN(C(=O)c1c(C)oc3ncnc(NC4(C)CC4)c13)C2. The lowest BCUT2D eigenvalue weighted by Gasteiger charge is -2.28. The number of amides is 1. The molecular formula is C20H22N6O3. The molecule has 0 saturated heterocycles. The first-order valence-corrected chi connectivity index (χ1v) is 9.67. The molecule has 3 aromatic rings. The van der Waals surface area contributed by atoms with Crippen molar-refractivity contribution in [2.45, 2.75) is 45.2 Å². The molecule has 1 amide bonds. The summed E-state index contributed by atoms with van der Waals surface area (Å²) >= 11 is 0. The van der Waals surface area contributed by atoms with Crippen molar-refractivity contribution in [3.63, 3.8) is 0 Å². The highest BCUT2D eigenvalue weighted by Crippen LogP contribution is 2.40. The molecular weight excluding hydrogens is 372 g/mol. The van der Waals surface area contributed by atoms with Crippen LogP contribution in [0.15, 0.2) is 17.1 Å². The Labute approximate surface area is 167 Å². The van der Waals surface area contributed by atoms with Crippen molar-refractivity contribution >= 4 is 22.8 Å². The Morgan fingerprint density at radius 1 is 1.24 bits per heavy atom. The maximum absolute atomic E-state index is 13.5. The third-order valence-corrected chi connectivity index (χ3v) is 5.75. The molecule has 0 atom stereocenters. The fraction of sp³-hybridized carbons (Fsp3) is 0.450. The highest BCUT2D eigenvalue weighted by Gasteiger charge is 2.39. The van der Waals surface area contributed by atoms with E-state index in [1.807, 2.05) is 0 Å². The second-order valence-electron chi connectivity index (χ2n) is 7.91. The van der Waals surface area contributed by atoms with Crippen LogP contribution in [0.25, 0.3) is 11.1 Å². The monoisotopic (exact) mass is 394 g/mol. The summed E-state index contributed by atoms with van der Waals surface area (Å²) in [5, 5.41) is 4.11. The minimum Gasteiger partial charge on any atom is -0.481 e. The molecule has 2 aliphatic rings. The van der Waals surface area contributed by atoms with Crippen LogP contribution in [0.2, 0.25) is 0 Å². The first-order chi connectivity index (χ1) is 14.0. The van der Waals surface area contributed by atoms with Gasteiger partial charge in [-0.15, -0.1) is 0 Å². The van der Waals surface area contributed by atoms with Crippen molar-refractivity contribution < 1.29 is 13.9 Å². The highest BCUT2D eigenvalue weighted by molar-refractivity contribution is 6.10. The van der Waals surface area contributed by atoms with E-state index in [-0.39, 0.29) is 11.4 Å². The van der Waals surface area contributed by atoms with E-state index < -0.39 is 0 Å². The highest BCUT2D eigenvalue weighted by atomic mass is 16.5. The lowest BCUT2D eigenvalue weighted by Crippen LogP contribution is -2.37. The number of nitrogens with zero attached hydrogens (tertiary/aromatic N) is 5. The van der Waals surface area contributed by atoms with Gasteiger partial charge in [-0.05, 0) is 33.1 Å². The minimum atomic E-state index is -0.108. The van der Waals surface area contributed by atoms with Crippen LogP contribution in [0.5, 0.6) is 5.88 Å². The van der Waals surface area contributed by atoms with E-state index >= 15 is 0 Å². The average molecular weight is 394 g/mol. The molecule has 4 heterocycles. The quantitative estimate of drug-likeness (QED) is 0.719. The van der Waals surface area contributed by atoms with E-state index in [4.69, 9.17) is 9.15 Å². The molecule has 150 valence electrons. The molecule has 0 unspecified atom stereocenters. The molecule has 9 nitrogen and oxygen atoms in total. The van der Waals surface area contributed by atoms with Gasteiger partial charge in [0.15, 0.2) is 0 Å². The number of nitrogens with one attached hydrogen (secondary N) is 1. The Morgan fingerprint density at radius 2 is 2.03 bits per heavy atom. The number of hydrogen-bond acceptors (Lipinski definition) is 8. The Bertz CT molecular complexity index is 1120. The number of aromatic nitrogens is 4. The van der Waals surface area contributed by atoms with Crippen molar-refractivity contribution in [3.05, 3.63) is 35.2 Å². The number of carbonyl (C=O) groups excluding carboxylic acids is 1. The van der Waals surface area contributed by atoms with Crippen LogP contribution >= 0.6 is 0 Å². The van der Waals surface area contributed by atoms with Gasteiger partial charge in [-0.25, -0.2) is 19.9 Å². The van der Waals surface area contributed by atoms with Gasteiger partial charge < -0.3 is 19.4 Å². The van der Waals surface area contributed by atoms with Crippen molar-refractivity contribution in [3.8, 4) is 5.88 Å². The Kier molecular flexibility index (Phi) is 3.94. The predicted molar refractivity (Wildman–Crippen MR) is 105 cm³/mol. The van der Waals surface area contributed by atoms with Gasteiger partial charge in [0, 0.05) is 17.6 Å². The molecule has 1 fully saturated rings. The standard InChI is InChI=1S/C20H22N6O3/c1-11-14(15-16(25-20(2)5-6-20)22-10-24-18(15)29-11)19(27)26-7-4-12-13(8-26)21-9-23-17(12)28-3/h9-10H,4-8H2,1-3H3,(H,22,24,25).